The molecule has 1 amide bonds. The van der Waals surface area contributed by atoms with Gasteiger partial charge in [-0.1, -0.05) is 17.7 Å². The minimum atomic E-state index is -4.03. The van der Waals surface area contributed by atoms with Gasteiger partial charge in [0.15, 0.2) is 0 Å². The minimum Gasteiger partial charge on any atom is -0.497 e. The van der Waals surface area contributed by atoms with E-state index in [9.17, 15) is 13.2 Å². The Balaban J connectivity index is 1.94. The molecule has 1 N–H and O–H groups in total. The van der Waals surface area contributed by atoms with Gasteiger partial charge in [0.1, 0.15) is 22.9 Å². The van der Waals surface area contributed by atoms with E-state index in [-0.39, 0.29) is 4.90 Å². The summed E-state index contributed by atoms with van der Waals surface area (Å²) in [6.45, 7) is 1.45. The van der Waals surface area contributed by atoms with E-state index >= 15 is 0 Å². The molecule has 0 aliphatic rings. The lowest BCUT2D eigenvalue weighted by atomic mass is 10.2. The number of hydrogen-bond acceptors (Lipinski definition) is 6. The molecule has 3 aromatic rings. The number of amides is 1. The lowest BCUT2D eigenvalue weighted by molar-refractivity contribution is -0.114. The maximum Gasteiger partial charge on any atom is 0.266 e. The summed E-state index contributed by atoms with van der Waals surface area (Å²) in [5.74, 6) is 0.403. The first-order chi connectivity index (χ1) is 14.8. The number of benzene rings is 2. The van der Waals surface area contributed by atoms with Crippen molar-refractivity contribution in [2.45, 2.75) is 11.8 Å². The van der Waals surface area contributed by atoms with Crippen LogP contribution in [0, 0.1) is 6.92 Å². The van der Waals surface area contributed by atoms with Crippen LogP contribution in [0.5, 0.6) is 11.5 Å². The number of carbonyl (C=O) groups is 1. The van der Waals surface area contributed by atoms with Crippen LogP contribution in [0.15, 0.2) is 71.9 Å². The molecular formula is C22H23N3O5S. The maximum absolute atomic E-state index is 13.3. The number of aromatic nitrogens is 1. The fourth-order valence-corrected chi connectivity index (χ4v) is 4.27. The highest BCUT2D eigenvalue weighted by atomic mass is 32.2. The van der Waals surface area contributed by atoms with Gasteiger partial charge in [-0.15, -0.1) is 0 Å². The van der Waals surface area contributed by atoms with Gasteiger partial charge in [-0.2, -0.15) is 0 Å². The Hall–Kier alpha value is -3.59. The lowest BCUT2D eigenvalue weighted by Gasteiger charge is -2.24. The molecule has 0 spiro atoms. The van der Waals surface area contributed by atoms with E-state index in [2.05, 4.69) is 10.3 Å². The molecule has 1 heterocycles. The Morgan fingerprint density at radius 1 is 1.06 bits per heavy atom. The number of ether oxygens (including phenoxy) is 2. The summed E-state index contributed by atoms with van der Waals surface area (Å²) in [4.78, 5) is 16.8. The number of anilines is 2. The van der Waals surface area contributed by atoms with Gasteiger partial charge in [0.25, 0.3) is 10.0 Å². The second-order valence-corrected chi connectivity index (χ2v) is 8.51. The molecule has 162 valence electrons. The van der Waals surface area contributed by atoms with Gasteiger partial charge >= 0.3 is 0 Å². The summed E-state index contributed by atoms with van der Waals surface area (Å²) in [6, 6.07) is 14.8. The zero-order valence-corrected chi connectivity index (χ0v) is 18.2. The zero-order valence-electron chi connectivity index (χ0n) is 17.4. The molecule has 0 unspecified atom stereocenters. The SMILES string of the molecule is COc1ccc(OC)c(NC(=O)CN(c2ccc(C)cc2)S(=O)(=O)c2cccnc2)c1. The van der Waals surface area contributed by atoms with E-state index in [0.29, 0.717) is 22.9 Å². The second kappa shape index (κ2) is 9.48. The van der Waals surface area contributed by atoms with Crippen molar-refractivity contribution in [2.75, 3.05) is 30.4 Å². The van der Waals surface area contributed by atoms with Crippen LogP contribution >= 0.6 is 0 Å². The smallest absolute Gasteiger partial charge is 0.266 e. The molecule has 0 fully saturated rings. The third kappa shape index (κ3) is 5.13. The van der Waals surface area contributed by atoms with Gasteiger partial charge in [0.05, 0.1) is 25.6 Å². The number of nitrogens with zero attached hydrogens (tertiary/aromatic N) is 2. The highest BCUT2D eigenvalue weighted by molar-refractivity contribution is 7.92. The summed E-state index contributed by atoms with van der Waals surface area (Å²) >= 11 is 0. The number of sulfonamides is 1. The van der Waals surface area contributed by atoms with Gasteiger partial charge < -0.3 is 14.8 Å². The van der Waals surface area contributed by atoms with E-state index in [4.69, 9.17) is 9.47 Å². The normalized spacial score (nSPS) is 10.9. The van der Waals surface area contributed by atoms with Gasteiger partial charge in [-0.25, -0.2) is 8.42 Å². The summed E-state index contributed by atoms with van der Waals surface area (Å²) < 4.78 is 38.1. The summed E-state index contributed by atoms with van der Waals surface area (Å²) in [6.07, 6.45) is 2.73. The number of rotatable bonds is 8. The third-order valence-corrected chi connectivity index (χ3v) is 6.27. The number of pyridine rings is 1. The van der Waals surface area contributed by atoms with Crippen molar-refractivity contribution in [1.82, 2.24) is 4.98 Å². The molecule has 1 aromatic heterocycles. The van der Waals surface area contributed by atoms with Gasteiger partial charge in [-0.3, -0.25) is 14.1 Å². The van der Waals surface area contributed by atoms with E-state index in [1.54, 1.807) is 42.5 Å². The van der Waals surface area contributed by atoms with E-state index < -0.39 is 22.5 Å². The highest BCUT2D eigenvalue weighted by Crippen LogP contribution is 2.29. The van der Waals surface area contributed by atoms with Crippen LogP contribution in [0.4, 0.5) is 11.4 Å². The van der Waals surface area contributed by atoms with Crippen LogP contribution in [0.25, 0.3) is 0 Å². The molecule has 0 aliphatic carbocycles. The molecule has 0 aliphatic heterocycles. The van der Waals surface area contributed by atoms with Crippen molar-refractivity contribution in [1.29, 1.82) is 0 Å². The Bertz CT molecular complexity index is 1150. The van der Waals surface area contributed by atoms with Crippen molar-refractivity contribution < 1.29 is 22.7 Å². The van der Waals surface area contributed by atoms with E-state index in [0.717, 1.165) is 9.87 Å². The Kier molecular flexibility index (Phi) is 6.76. The number of hydrogen-bond donors (Lipinski definition) is 1. The van der Waals surface area contributed by atoms with Crippen molar-refractivity contribution in [3.05, 3.63) is 72.6 Å². The first-order valence-electron chi connectivity index (χ1n) is 9.36. The van der Waals surface area contributed by atoms with Crippen LogP contribution in [-0.4, -0.2) is 40.1 Å². The largest absolute Gasteiger partial charge is 0.497 e. The van der Waals surface area contributed by atoms with Crippen LogP contribution in [0.1, 0.15) is 5.56 Å². The fraction of sp³-hybridized carbons (Fsp3) is 0.182. The number of aryl methyl sites for hydroxylation is 1. The van der Waals surface area contributed by atoms with E-state index in [1.165, 1.54) is 38.7 Å². The average molecular weight is 442 g/mol. The quantitative estimate of drug-likeness (QED) is 0.576. The molecule has 0 radical (unpaired) electrons. The van der Waals surface area contributed by atoms with Gasteiger partial charge in [-0.05, 0) is 43.3 Å². The fourth-order valence-electron chi connectivity index (χ4n) is 2.88. The molecule has 9 heteroatoms. The third-order valence-electron chi connectivity index (χ3n) is 4.51. The molecule has 0 atom stereocenters. The monoisotopic (exact) mass is 441 g/mol. The van der Waals surface area contributed by atoms with Crippen molar-refractivity contribution in [2.24, 2.45) is 0 Å². The van der Waals surface area contributed by atoms with Crippen LogP contribution < -0.4 is 19.1 Å². The average Bonchev–Trinajstić information content (AvgIpc) is 2.78. The first kappa shape index (κ1) is 22.1. The molecule has 0 bridgehead atoms. The summed E-state index contributed by atoms with van der Waals surface area (Å²) in [5, 5.41) is 2.71. The maximum atomic E-state index is 13.3. The zero-order chi connectivity index (χ0) is 22.4. The molecule has 0 saturated carbocycles. The summed E-state index contributed by atoms with van der Waals surface area (Å²) in [5.41, 5.74) is 1.70. The van der Waals surface area contributed by atoms with Crippen molar-refractivity contribution in [3.8, 4) is 11.5 Å². The predicted molar refractivity (Wildman–Crippen MR) is 118 cm³/mol. The molecule has 8 nitrogen and oxygen atoms in total. The van der Waals surface area contributed by atoms with Crippen LogP contribution in [0.3, 0.4) is 0 Å². The molecule has 31 heavy (non-hydrogen) atoms. The topological polar surface area (TPSA) is 97.8 Å². The second-order valence-electron chi connectivity index (χ2n) is 6.65. The van der Waals surface area contributed by atoms with Crippen LogP contribution in [-0.2, 0) is 14.8 Å². The number of methoxy groups -OCH3 is 2. The summed E-state index contributed by atoms with van der Waals surface area (Å²) in [7, 11) is -1.05. The molecule has 3 rings (SSSR count). The lowest BCUT2D eigenvalue weighted by Crippen LogP contribution is -2.38. The minimum absolute atomic E-state index is 0.0117. The molecule has 0 saturated heterocycles. The standard InChI is InChI=1S/C22H23N3O5S/c1-16-6-8-17(9-7-16)25(31(27,28)19-5-4-12-23-14-19)15-22(26)24-20-13-18(29-2)10-11-21(20)30-3/h4-14H,15H2,1-3H3,(H,24,26). The Morgan fingerprint density at radius 2 is 1.81 bits per heavy atom. The van der Waals surface area contributed by atoms with Crippen LogP contribution in [0.2, 0.25) is 0 Å². The van der Waals surface area contributed by atoms with Gasteiger partial charge in [0, 0.05) is 18.5 Å². The van der Waals surface area contributed by atoms with Crippen molar-refractivity contribution in [3.63, 3.8) is 0 Å². The van der Waals surface area contributed by atoms with Gasteiger partial charge in [0.2, 0.25) is 5.91 Å². The first-order valence-corrected chi connectivity index (χ1v) is 10.8. The van der Waals surface area contributed by atoms with E-state index in [1.807, 2.05) is 6.92 Å². The van der Waals surface area contributed by atoms with Crippen molar-refractivity contribution >= 4 is 27.3 Å². The highest BCUT2D eigenvalue weighted by Gasteiger charge is 2.27. The number of nitrogens with one attached hydrogen (secondary N) is 1. The molecular weight excluding hydrogens is 418 g/mol. The predicted octanol–water partition coefficient (Wildman–Crippen LogP) is 3.24. The Morgan fingerprint density at radius 3 is 2.42 bits per heavy atom. The molecule has 2 aromatic carbocycles. The number of carbonyl (C=O) groups excluding carboxylic acids is 1. The Labute approximate surface area is 181 Å².